The van der Waals surface area contributed by atoms with Gasteiger partial charge in [-0.05, 0) is 17.9 Å². The van der Waals surface area contributed by atoms with Gasteiger partial charge in [0.1, 0.15) is 0 Å². The van der Waals surface area contributed by atoms with Crippen LogP contribution in [0.4, 0.5) is 0 Å². The Kier molecular flexibility index (Phi) is 5.16. The first kappa shape index (κ1) is 18.0. The number of sulfone groups is 1. The molecule has 0 aliphatic carbocycles. The molecule has 24 heavy (non-hydrogen) atoms. The standard InChI is InChI=1S/C17H24N2O2S3/c1-17(2,3)16-18-13(11-23-16)9-19(10-15-5-4-7-22-15)14-6-8-24(20,21)12-14/h4-5,7,11,14H,6,8-10,12H2,1-3H3. The number of hydrogen-bond acceptors (Lipinski definition) is 6. The van der Waals surface area contributed by atoms with Crippen LogP contribution < -0.4 is 0 Å². The minimum absolute atomic E-state index is 0.0538. The summed E-state index contributed by atoms with van der Waals surface area (Å²) >= 11 is 3.42. The molecular weight excluding hydrogens is 360 g/mol. The molecule has 0 N–H and O–H groups in total. The van der Waals surface area contributed by atoms with E-state index in [1.54, 1.807) is 22.7 Å². The van der Waals surface area contributed by atoms with Crippen molar-refractivity contribution >= 4 is 32.5 Å². The minimum Gasteiger partial charge on any atom is -0.288 e. The molecule has 1 saturated heterocycles. The third-order valence-corrected chi connectivity index (χ3v) is 8.15. The largest absolute Gasteiger partial charge is 0.288 e. The van der Waals surface area contributed by atoms with Crippen LogP contribution in [0.2, 0.25) is 0 Å². The molecule has 7 heteroatoms. The fourth-order valence-corrected chi connectivity index (χ4v) is 6.30. The molecule has 1 atom stereocenters. The molecule has 0 aromatic carbocycles. The average molecular weight is 385 g/mol. The lowest BCUT2D eigenvalue weighted by Gasteiger charge is -2.26. The molecule has 0 amide bonds. The smallest absolute Gasteiger partial charge is 0.151 e. The molecule has 0 radical (unpaired) electrons. The minimum atomic E-state index is -2.89. The highest BCUT2D eigenvalue weighted by atomic mass is 32.2. The summed E-state index contributed by atoms with van der Waals surface area (Å²) in [6.07, 6.45) is 0.726. The van der Waals surface area contributed by atoms with Crippen LogP contribution in [0.1, 0.15) is 42.8 Å². The topological polar surface area (TPSA) is 50.3 Å². The maximum atomic E-state index is 11.9. The molecule has 1 aliphatic heterocycles. The molecule has 0 spiro atoms. The van der Waals surface area contributed by atoms with Crippen LogP contribution in [0.5, 0.6) is 0 Å². The van der Waals surface area contributed by atoms with Crippen molar-refractivity contribution in [3.05, 3.63) is 38.5 Å². The normalized spacial score (nSPS) is 20.8. The number of rotatable bonds is 5. The molecule has 1 unspecified atom stereocenters. The van der Waals surface area contributed by atoms with Crippen LogP contribution in [-0.4, -0.2) is 35.8 Å². The van der Waals surface area contributed by atoms with Crippen LogP contribution in [0.15, 0.2) is 22.9 Å². The van der Waals surface area contributed by atoms with Gasteiger partial charge in [0.2, 0.25) is 0 Å². The van der Waals surface area contributed by atoms with Crippen molar-refractivity contribution < 1.29 is 8.42 Å². The van der Waals surface area contributed by atoms with Crippen molar-refractivity contribution in [1.82, 2.24) is 9.88 Å². The molecular formula is C17H24N2O2S3. The fraction of sp³-hybridized carbons (Fsp3) is 0.588. The van der Waals surface area contributed by atoms with E-state index >= 15 is 0 Å². The van der Waals surface area contributed by atoms with E-state index in [9.17, 15) is 8.42 Å². The highest BCUT2D eigenvalue weighted by Crippen LogP contribution is 2.28. The molecule has 1 aliphatic rings. The number of hydrogen-bond donors (Lipinski definition) is 0. The summed E-state index contributed by atoms with van der Waals surface area (Å²) in [6, 6.07) is 4.25. The highest BCUT2D eigenvalue weighted by Gasteiger charge is 2.33. The van der Waals surface area contributed by atoms with Gasteiger partial charge in [-0.15, -0.1) is 22.7 Å². The van der Waals surface area contributed by atoms with E-state index in [4.69, 9.17) is 4.98 Å². The maximum absolute atomic E-state index is 11.9. The Balaban J connectivity index is 1.78. The van der Waals surface area contributed by atoms with Gasteiger partial charge in [-0.1, -0.05) is 26.8 Å². The van der Waals surface area contributed by atoms with Crippen LogP contribution >= 0.6 is 22.7 Å². The maximum Gasteiger partial charge on any atom is 0.151 e. The van der Waals surface area contributed by atoms with Gasteiger partial charge in [-0.3, -0.25) is 4.90 Å². The third kappa shape index (κ3) is 4.45. The Hall–Kier alpha value is -0.760. The lowest BCUT2D eigenvalue weighted by atomic mass is 9.98. The van der Waals surface area contributed by atoms with E-state index in [0.29, 0.717) is 12.3 Å². The van der Waals surface area contributed by atoms with Gasteiger partial charge in [-0.25, -0.2) is 13.4 Å². The van der Waals surface area contributed by atoms with E-state index in [-0.39, 0.29) is 17.2 Å². The predicted molar refractivity (Wildman–Crippen MR) is 101 cm³/mol. The van der Waals surface area contributed by atoms with Crippen molar-refractivity contribution in [3.8, 4) is 0 Å². The molecule has 2 aromatic heterocycles. The van der Waals surface area contributed by atoms with E-state index in [1.165, 1.54) is 4.88 Å². The summed E-state index contributed by atoms with van der Waals surface area (Å²) in [6.45, 7) is 8.01. The van der Waals surface area contributed by atoms with Crippen molar-refractivity contribution in [2.75, 3.05) is 11.5 Å². The Bertz CT molecular complexity index is 773. The Morgan fingerprint density at radius 1 is 1.29 bits per heavy atom. The molecule has 3 rings (SSSR count). The van der Waals surface area contributed by atoms with Crippen molar-refractivity contribution in [2.24, 2.45) is 0 Å². The van der Waals surface area contributed by atoms with E-state index in [0.717, 1.165) is 23.7 Å². The first-order chi connectivity index (χ1) is 11.2. The first-order valence-electron chi connectivity index (χ1n) is 8.15. The first-order valence-corrected chi connectivity index (χ1v) is 11.7. The van der Waals surface area contributed by atoms with Crippen LogP contribution in [0.25, 0.3) is 0 Å². The molecule has 2 aromatic rings. The van der Waals surface area contributed by atoms with Crippen LogP contribution in [-0.2, 0) is 28.3 Å². The SMILES string of the molecule is CC(C)(C)c1nc(CN(Cc2cccs2)C2CCS(=O)(=O)C2)cs1. The van der Waals surface area contributed by atoms with Crippen molar-refractivity contribution in [2.45, 2.75) is 51.7 Å². The zero-order valence-corrected chi connectivity index (χ0v) is 16.8. The molecule has 0 bridgehead atoms. The predicted octanol–water partition coefficient (Wildman–Crippen LogP) is 3.69. The van der Waals surface area contributed by atoms with Gasteiger partial charge in [0.05, 0.1) is 22.2 Å². The monoisotopic (exact) mass is 384 g/mol. The quantitative estimate of drug-likeness (QED) is 0.789. The highest BCUT2D eigenvalue weighted by molar-refractivity contribution is 7.91. The Morgan fingerprint density at radius 2 is 2.08 bits per heavy atom. The average Bonchev–Trinajstić information content (AvgIpc) is 3.17. The van der Waals surface area contributed by atoms with Crippen LogP contribution in [0.3, 0.4) is 0 Å². The van der Waals surface area contributed by atoms with Crippen molar-refractivity contribution in [1.29, 1.82) is 0 Å². The molecule has 4 nitrogen and oxygen atoms in total. The lowest BCUT2D eigenvalue weighted by Crippen LogP contribution is -2.35. The molecule has 3 heterocycles. The summed E-state index contributed by atoms with van der Waals surface area (Å²) in [5.41, 5.74) is 1.10. The van der Waals surface area contributed by atoms with Gasteiger partial charge < -0.3 is 0 Å². The number of aromatic nitrogens is 1. The van der Waals surface area contributed by atoms with Gasteiger partial charge in [-0.2, -0.15) is 0 Å². The van der Waals surface area contributed by atoms with E-state index < -0.39 is 9.84 Å². The van der Waals surface area contributed by atoms with E-state index in [1.807, 2.05) is 6.07 Å². The summed E-state index contributed by atoms with van der Waals surface area (Å²) < 4.78 is 23.8. The second kappa shape index (κ2) is 6.86. The Labute approximate surface area is 152 Å². The van der Waals surface area contributed by atoms with Gasteiger partial charge in [0, 0.05) is 34.8 Å². The second-order valence-corrected chi connectivity index (χ2v) is 11.6. The number of thiophene rings is 1. The Morgan fingerprint density at radius 3 is 2.62 bits per heavy atom. The molecule has 0 saturated carbocycles. The second-order valence-electron chi connectivity index (χ2n) is 7.44. The summed E-state index contributed by atoms with van der Waals surface area (Å²) in [7, 11) is -2.89. The molecule has 1 fully saturated rings. The zero-order chi connectivity index (χ0) is 17.4. The van der Waals surface area contributed by atoms with Crippen LogP contribution in [0, 0.1) is 0 Å². The molecule has 132 valence electrons. The number of nitrogens with zero attached hydrogens (tertiary/aromatic N) is 2. The van der Waals surface area contributed by atoms with Gasteiger partial charge >= 0.3 is 0 Å². The van der Waals surface area contributed by atoms with Gasteiger partial charge in [0.25, 0.3) is 0 Å². The summed E-state index contributed by atoms with van der Waals surface area (Å²) in [5.74, 6) is 0.581. The van der Waals surface area contributed by atoms with E-state index in [2.05, 4.69) is 42.5 Å². The zero-order valence-electron chi connectivity index (χ0n) is 14.4. The summed E-state index contributed by atoms with van der Waals surface area (Å²) in [5, 5.41) is 5.32. The third-order valence-electron chi connectivity index (χ3n) is 4.22. The fourth-order valence-electron chi connectivity index (χ4n) is 2.91. The van der Waals surface area contributed by atoms with Crippen molar-refractivity contribution in [3.63, 3.8) is 0 Å². The lowest BCUT2D eigenvalue weighted by molar-refractivity contribution is 0.194. The van der Waals surface area contributed by atoms with Gasteiger partial charge in [0.15, 0.2) is 9.84 Å². The summed E-state index contributed by atoms with van der Waals surface area (Å²) in [4.78, 5) is 8.35. The number of thiazole rings is 1.